The van der Waals surface area contributed by atoms with Gasteiger partial charge in [-0.3, -0.25) is 4.79 Å². The molecule has 1 aromatic heterocycles. The van der Waals surface area contributed by atoms with Gasteiger partial charge in [-0.15, -0.1) is 0 Å². The average Bonchev–Trinajstić information content (AvgIpc) is 2.60. The van der Waals surface area contributed by atoms with Gasteiger partial charge < -0.3 is 21.1 Å². The molecule has 1 heterocycles. The molecule has 5 N–H and O–H groups in total. The lowest BCUT2D eigenvalue weighted by Crippen LogP contribution is -2.45. The number of aliphatic hydroxyl groups excluding tert-OH is 1. The summed E-state index contributed by atoms with van der Waals surface area (Å²) in [6.07, 6.45) is -3.06. The van der Waals surface area contributed by atoms with Crippen molar-refractivity contribution in [2.24, 2.45) is 5.92 Å². The van der Waals surface area contributed by atoms with Gasteiger partial charge in [-0.2, -0.15) is 13.2 Å². The van der Waals surface area contributed by atoms with Gasteiger partial charge in [-0.05, 0) is 37.0 Å². The minimum Gasteiger partial charge on any atom is -0.481 e. The summed E-state index contributed by atoms with van der Waals surface area (Å²) in [6.45, 7) is 0.128. The largest absolute Gasteiger partial charge is 0.481 e. The zero-order valence-electron chi connectivity index (χ0n) is 15.4. The van der Waals surface area contributed by atoms with Crippen LogP contribution in [0.2, 0.25) is 0 Å². The Morgan fingerprint density at radius 1 is 1.31 bits per heavy atom. The fourth-order valence-electron chi connectivity index (χ4n) is 3.39. The van der Waals surface area contributed by atoms with Crippen molar-refractivity contribution >= 4 is 11.8 Å². The number of aryl methyl sites for hydroxylation is 1. The van der Waals surface area contributed by atoms with Crippen molar-refractivity contribution in [1.29, 1.82) is 0 Å². The molecule has 0 bridgehead atoms. The van der Waals surface area contributed by atoms with Crippen LogP contribution in [0.15, 0.2) is 24.4 Å². The van der Waals surface area contributed by atoms with E-state index >= 15 is 0 Å². The van der Waals surface area contributed by atoms with E-state index in [1.54, 1.807) is 6.92 Å². The molecule has 1 aliphatic carbocycles. The third-order valence-electron chi connectivity index (χ3n) is 5.39. The summed E-state index contributed by atoms with van der Waals surface area (Å²) < 4.78 is 39.9. The van der Waals surface area contributed by atoms with Crippen LogP contribution in [-0.4, -0.2) is 44.0 Å². The van der Waals surface area contributed by atoms with Crippen LogP contribution < -0.4 is 5.73 Å². The molecule has 7 nitrogen and oxygen atoms in total. The summed E-state index contributed by atoms with van der Waals surface area (Å²) in [4.78, 5) is 19.5. The van der Waals surface area contributed by atoms with Crippen LogP contribution in [-0.2, 0) is 10.4 Å². The van der Waals surface area contributed by atoms with Gasteiger partial charge in [0.2, 0.25) is 5.60 Å². The van der Waals surface area contributed by atoms with Crippen LogP contribution in [0, 0.1) is 12.8 Å². The van der Waals surface area contributed by atoms with E-state index in [2.05, 4.69) is 9.97 Å². The Morgan fingerprint density at radius 2 is 1.97 bits per heavy atom. The summed E-state index contributed by atoms with van der Waals surface area (Å²) in [5.41, 5.74) is 3.45. The second kappa shape index (κ2) is 7.27. The first-order valence-corrected chi connectivity index (χ1v) is 8.84. The Bertz CT molecular complexity index is 945. The van der Waals surface area contributed by atoms with Crippen molar-refractivity contribution in [3.05, 3.63) is 41.2 Å². The average molecular weight is 411 g/mol. The summed E-state index contributed by atoms with van der Waals surface area (Å²) in [5, 5.41) is 28.3. The van der Waals surface area contributed by atoms with E-state index in [1.807, 2.05) is 0 Å². The van der Waals surface area contributed by atoms with Crippen molar-refractivity contribution in [3.63, 3.8) is 0 Å². The second-order valence-corrected chi connectivity index (χ2v) is 7.28. The maximum atomic E-state index is 13.3. The lowest BCUT2D eigenvalue weighted by Gasteiger charge is -2.32. The van der Waals surface area contributed by atoms with Crippen molar-refractivity contribution in [2.75, 3.05) is 12.3 Å². The van der Waals surface area contributed by atoms with Gasteiger partial charge in [0.15, 0.2) is 0 Å². The molecule has 1 saturated carbocycles. The third kappa shape index (κ3) is 3.65. The molecule has 1 fully saturated rings. The molecule has 0 aliphatic heterocycles. The van der Waals surface area contributed by atoms with Gasteiger partial charge in [0.1, 0.15) is 5.82 Å². The molecule has 0 spiro atoms. The number of nitrogen functional groups attached to an aromatic ring is 1. The second-order valence-electron chi connectivity index (χ2n) is 7.28. The molecule has 156 valence electrons. The lowest BCUT2D eigenvalue weighted by molar-refractivity contribution is -0.277. The Balaban J connectivity index is 2.01. The molecule has 0 radical (unpaired) electrons. The Kier molecular flexibility index (Phi) is 5.26. The molecule has 2 aromatic rings. The predicted octanol–water partition coefficient (Wildman–Crippen LogP) is 2.35. The topological polar surface area (TPSA) is 130 Å². The van der Waals surface area contributed by atoms with E-state index < -0.39 is 35.8 Å². The molecule has 1 aromatic carbocycles. The highest BCUT2D eigenvalue weighted by Crippen LogP contribution is 2.44. The predicted molar refractivity (Wildman–Crippen MR) is 96.8 cm³/mol. The minimum atomic E-state index is -5.08. The van der Waals surface area contributed by atoms with Crippen LogP contribution in [0.25, 0.3) is 11.3 Å². The van der Waals surface area contributed by atoms with Crippen molar-refractivity contribution < 1.29 is 33.3 Å². The van der Waals surface area contributed by atoms with Crippen LogP contribution in [0.4, 0.5) is 19.0 Å². The van der Waals surface area contributed by atoms with Crippen LogP contribution in [0.5, 0.6) is 0 Å². The van der Waals surface area contributed by atoms with Crippen LogP contribution in [0.1, 0.15) is 35.6 Å². The highest BCUT2D eigenvalue weighted by molar-refractivity contribution is 5.72. The first-order valence-electron chi connectivity index (χ1n) is 8.84. The van der Waals surface area contributed by atoms with E-state index in [9.17, 15) is 28.2 Å². The number of alkyl halides is 3. The molecule has 29 heavy (non-hydrogen) atoms. The highest BCUT2D eigenvalue weighted by atomic mass is 19.4. The van der Waals surface area contributed by atoms with Crippen LogP contribution in [0.3, 0.4) is 0 Å². The molecule has 1 unspecified atom stereocenters. The van der Waals surface area contributed by atoms with Crippen molar-refractivity contribution in [3.8, 4) is 11.3 Å². The zero-order chi connectivity index (χ0) is 21.6. The van der Waals surface area contributed by atoms with E-state index in [-0.39, 0.29) is 17.4 Å². The molecule has 3 rings (SSSR count). The van der Waals surface area contributed by atoms with Crippen molar-refractivity contribution in [1.82, 2.24) is 9.97 Å². The van der Waals surface area contributed by atoms with Gasteiger partial charge in [0.05, 0.1) is 30.1 Å². The number of aromatic nitrogens is 2. The number of hydrogen-bond donors (Lipinski definition) is 4. The Hall–Kier alpha value is -2.72. The van der Waals surface area contributed by atoms with Gasteiger partial charge >= 0.3 is 12.1 Å². The summed E-state index contributed by atoms with van der Waals surface area (Å²) in [7, 11) is 0. The number of carboxylic acid groups (broad SMARTS) is 1. The van der Waals surface area contributed by atoms with Crippen LogP contribution >= 0.6 is 0 Å². The first kappa shape index (κ1) is 21.0. The Labute approximate surface area is 164 Å². The number of aliphatic hydroxyl groups is 2. The number of anilines is 1. The van der Waals surface area contributed by atoms with E-state index in [4.69, 9.17) is 10.8 Å². The smallest absolute Gasteiger partial charge is 0.423 e. The van der Waals surface area contributed by atoms with E-state index in [0.29, 0.717) is 29.7 Å². The van der Waals surface area contributed by atoms with Gasteiger partial charge in [0, 0.05) is 11.5 Å². The number of rotatable bonds is 5. The Morgan fingerprint density at radius 3 is 2.52 bits per heavy atom. The minimum absolute atomic E-state index is 0.138. The molecule has 1 aliphatic rings. The summed E-state index contributed by atoms with van der Waals surface area (Å²) >= 11 is 0. The van der Waals surface area contributed by atoms with E-state index in [0.717, 1.165) is 12.1 Å². The quantitative estimate of drug-likeness (QED) is 0.594. The maximum Gasteiger partial charge on any atom is 0.423 e. The number of aliphatic carboxylic acids is 1. The highest BCUT2D eigenvalue weighted by Gasteiger charge is 2.54. The number of halogens is 3. The molecule has 0 amide bonds. The summed E-state index contributed by atoms with van der Waals surface area (Å²) in [6, 6.07) is 3.60. The van der Waals surface area contributed by atoms with Gasteiger partial charge in [0.25, 0.3) is 0 Å². The zero-order valence-corrected chi connectivity index (χ0v) is 15.4. The van der Waals surface area contributed by atoms with Crippen molar-refractivity contribution in [2.45, 2.75) is 37.5 Å². The van der Waals surface area contributed by atoms with Gasteiger partial charge in [-0.25, -0.2) is 9.97 Å². The third-order valence-corrected chi connectivity index (χ3v) is 5.39. The number of carboxylic acids is 1. The maximum absolute atomic E-state index is 13.3. The number of carbonyl (C=O) groups is 1. The molecule has 1 atom stereocenters. The molecular formula is C19H20F3N3O4. The fourth-order valence-corrected chi connectivity index (χ4v) is 3.39. The molecule has 0 saturated heterocycles. The van der Waals surface area contributed by atoms with E-state index in [1.165, 1.54) is 12.3 Å². The SMILES string of the molecule is Cc1ccc(C(O)(CO)C(F)(F)F)cc1-c1cnc(N)c(C2CC(C(=O)O)C2)n1. The monoisotopic (exact) mass is 411 g/mol. The van der Waals surface area contributed by atoms with Gasteiger partial charge in [-0.1, -0.05) is 12.1 Å². The standard InChI is InChI=1S/C19H20F3N3O4/c1-9-2-3-12(18(29,8-26)19(20,21)22)6-13(9)14-7-24-16(23)15(25-14)10-4-11(5-10)17(27)28/h2-3,6-7,10-11,26,29H,4-5,8H2,1H3,(H2,23,24)(H,27,28). The number of hydrogen-bond acceptors (Lipinski definition) is 6. The normalized spacial score (nSPS) is 21.3. The fraction of sp³-hybridized carbons (Fsp3) is 0.421. The summed E-state index contributed by atoms with van der Waals surface area (Å²) in [5.74, 6) is -1.45. The molecular weight excluding hydrogens is 391 g/mol. The lowest BCUT2D eigenvalue weighted by atomic mass is 9.73. The first-order chi connectivity index (χ1) is 13.5. The number of nitrogens with two attached hydrogens (primary N) is 1. The number of nitrogens with zero attached hydrogens (tertiary/aromatic N) is 2. The number of benzene rings is 1. The molecule has 10 heteroatoms.